The number of hydrogen-bond acceptors (Lipinski definition) is 1. The van der Waals surface area contributed by atoms with Crippen LogP contribution < -0.4 is 0 Å². The normalized spacial score (nSPS) is 23.9. The maximum atomic E-state index is 13.1. The first kappa shape index (κ1) is 11.1. The van der Waals surface area contributed by atoms with E-state index in [-0.39, 0.29) is 24.1 Å². The number of rotatable bonds is 2. The summed E-state index contributed by atoms with van der Waals surface area (Å²) < 4.78 is 13.1. The standard InChI is InChI=1S/C13H15FO2/c1-8-10(6-13(15)16)3-2-9-4-5-11(14)7-12(8)9/h4-5,7-8,10H,2-3,6H2,1H3,(H,15,16). The van der Waals surface area contributed by atoms with E-state index >= 15 is 0 Å². The molecule has 2 unspecified atom stereocenters. The molecule has 0 aliphatic heterocycles. The fraction of sp³-hybridized carbons (Fsp3) is 0.462. The quantitative estimate of drug-likeness (QED) is 0.835. The zero-order valence-electron chi connectivity index (χ0n) is 9.24. The van der Waals surface area contributed by atoms with Crippen molar-refractivity contribution in [3.05, 3.63) is 35.1 Å². The molecule has 0 radical (unpaired) electrons. The second kappa shape index (κ2) is 4.24. The van der Waals surface area contributed by atoms with Crippen LogP contribution in [0.1, 0.15) is 36.8 Å². The van der Waals surface area contributed by atoms with Gasteiger partial charge in [-0.3, -0.25) is 4.79 Å². The summed E-state index contributed by atoms with van der Waals surface area (Å²) in [6.45, 7) is 1.99. The van der Waals surface area contributed by atoms with Crippen molar-refractivity contribution >= 4 is 5.97 Å². The molecule has 1 aromatic rings. The molecule has 0 amide bonds. The third kappa shape index (κ3) is 2.08. The predicted molar refractivity (Wildman–Crippen MR) is 58.9 cm³/mol. The van der Waals surface area contributed by atoms with Crippen LogP contribution in [0.3, 0.4) is 0 Å². The highest BCUT2D eigenvalue weighted by Gasteiger charge is 2.27. The number of carboxylic acid groups (broad SMARTS) is 1. The van der Waals surface area contributed by atoms with Gasteiger partial charge in [0.1, 0.15) is 5.82 Å². The molecule has 2 rings (SSSR count). The van der Waals surface area contributed by atoms with Gasteiger partial charge in [0.2, 0.25) is 0 Å². The highest BCUT2D eigenvalue weighted by atomic mass is 19.1. The third-order valence-corrected chi connectivity index (χ3v) is 3.53. The second-order valence-corrected chi connectivity index (χ2v) is 4.53. The molecule has 0 heterocycles. The fourth-order valence-electron chi connectivity index (χ4n) is 2.57. The average molecular weight is 222 g/mol. The van der Waals surface area contributed by atoms with Crippen LogP contribution in [0.25, 0.3) is 0 Å². The molecule has 2 atom stereocenters. The molecule has 0 saturated heterocycles. The van der Waals surface area contributed by atoms with E-state index < -0.39 is 5.97 Å². The molecular formula is C13H15FO2. The monoisotopic (exact) mass is 222 g/mol. The van der Waals surface area contributed by atoms with Gasteiger partial charge in [-0.2, -0.15) is 0 Å². The Morgan fingerprint density at radius 1 is 1.56 bits per heavy atom. The van der Waals surface area contributed by atoms with Crippen LogP contribution in [0.2, 0.25) is 0 Å². The van der Waals surface area contributed by atoms with E-state index in [9.17, 15) is 9.18 Å². The predicted octanol–water partition coefficient (Wildman–Crippen LogP) is 2.97. The lowest BCUT2D eigenvalue weighted by Crippen LogP contribution is -2.21. The van der Waals surface area contributed by atoms with E-state index in [1.807, 2.05) is 13.0 Å². The summed E-state index contributed by atoms with van der Waals surface area (Å²) in [6, 6.07) is 4.84. The second-order valence-electron chi connectivity index (χ2n) is 4.53. The van der Waals surface area contributed by atoms with Gasteiger partial charge in [-0.15, -0.1) is 0 Å². The Bertz CT molecular complexity index is 414. The largest absolute Gasteiger partial charge is 0.481 e. The summed E-state index contributed by atoms with van der Waals surface area (Å²) in [7, 11) is 0. The number of hydrogen-bond donors (Lipinski definition) is 1. The first-order valence-electron chi connectivity index (χ1n) is 5.58. The molecule has 1 N–H and O–H groups in total. The molecule has 0 saturated carbocycles. The van der Waals surface area contributed by atoms with Gasteiger partial charge in [-0.25, -0.2) is 4.39 Å². The SMILES string of the molecule is CC1c2cc(F)ccc2CCC1CC(=O)O. The maximum absolute atomic E-state index is 13.1. The minimum atomic E-state index is -0.767. The minimum Gasteiger partial charge on any atom is -0.481 e. The molecule has 1 aromatic carbocycles. The number of fused-ring (bicyclic) bond motifs is 1. The zero-order valence-corrected chi connectivity index (χ0v) is 9.24. The molecule has 1 aliphatic carbocycles. The minimum absolute atomic E-state index is 0.131. The molecule has 0 spiro atoms. The lowest BCUT2D eigenvalue weighted by molar-refractivity contribution is -0.138. The zero-order chi connectivity index (χ0) is 11.7. The molecule has 0 fully saturated rings. The smallest absolute Gasteiger partial charge is 0.303 e. The van der Waals surface area contributed by atoms with E-state index in [1.165, 1.54) is 6.07 Å². The summed E-state index contributed by atoms with van der Waals surface area (Å²) in [6.07, 6.45) is 1.92. The summed E-state index contributed by atoms with van der Waals surface area (Å²) in [5.74, 6) is -0.736. The average Bonchev–Trinajstić information content (AvgIpc) is 2.22. The van der Waals surface area contributed by atoms with Gasteiger partial charge >= 0.3 is 5.97 Å². The van der Waals surface area contributed by atoms with Gasteiger partial charge in [0.15, 0.2) is 0 Å². The summed E-state index contributed by atoms with van der Waals surface area (Å²) >= 11 is 0. The van der Waals surface area contributed by atoms with Crippen molar-refractivity contribution < 1.29 is 14.3 Å². The van der Waals surface area contributed by atoms with Crippen molar-refractivity contribution in [3.8, 4) is 0 Å². The van der Waals surface area contributed by atoms with Gasteiger partial charge < -0.3 is 5.11 Å². The third-order valence-electron chi connectivity index (χ3n) is 3.53. The molecule has 0 aromatic heterocycles. The van der Waals surface area contributed by atoms with Crippen LogP contribution in [0, 0.1) is 11.7 Å². The van der Waals surface area contributed by atoms with E-state index in [2.05, 4.69) is 0 Å². The van der Waals surface area contributed by atoms with E-state index in [1.54, 1.807) is 6.07 Å². The van der Waals surface area contributed by atoms with Crippen LogP contribution in [0.15, 0.2) is 18.2 Å². The van der Waals surface area contributed by atoms with Crippen molar-refractivity contribution in [2.45, 2.75) is 32.1 Å². The fourth-order valence-corrected chi connectivity index (χ4v) is 2.57. The van der Waals surface area contributed by atoms with Crippen molar-refractivity contribution in [2.24, 2.45) is 5.92 Å². The van der Waals surface area contributed by atoms with Gasteiger partial charge in [-0.05, 0) is 47.9 Å². The Morgan fingerprint density at radius 2 is 2.31 bits per heavy atom. The van der Waals surface area contributed by atoms with Gasteiger partial charge in [-0.1, -0.05) is 13.0 Å². The van der Waals surface area contributed by atoms with Gasteiger partial charge in [0.25, 0.3) is 0 Å². The van der Waals surface area contributed by atoms with E-state index in [0.29, 0.717) is 0 Å². The Morgan fingerprint density at radius 3 is 3.00 bits per heavy atom. The number of halogens is 1. The Balaban J connectivity index is 2.26. The first-order chi connectivity index (χ1) is 7.58. The van der Waals surface area contributed by atoms with Crippen molar-refractivity contribution in [2.75, 3.05) is 0 Å². The summed E-state index contributed by atoms with van der Waals surface area (Å²) in [5.41, 5.74) is 2.15. The lowest BCUT2D eigenvalue weighted by Gasteiger charge is -2.30. The Kier molecular flexibility index (Phi) is 2.95. The van der Waals surface area contributed by atoms with Crippen LogP contribution in [-0.4, -0.2) is 11.1 Å². The van der Waals surface area contributed by atoms with Crippen LogP contribution in [0.5, 0.6) is 0 Å². The number of aryl methyl sites for hydroxylation is 1. The number of benzene rings is 1. The van der Waals surface area contributed by atoms with E-state index in [0.717, 1.165) is 24.0 Å². The van der Waals surface area contributed by atoms with Crippen LogP contribution in [0.4, 0.5) is 4.39 Å². The lowest BCUT2D eigenvalue weighted by atomic mass is 9.75. The van der Waals surface area contributed by atoms with Gasteiger partial charge in [0, 0.05) is 6.42 Å². The topological polar surface area (TPSA) is 37.3 Å². The molecule has 3 heteroatoms. The summed E-state index contributed by atoms with van der Waals surface area (Å²) in [4.78, 5) is 10.7. The maximum Gasteiger partial charge on any atom is 0.303 e. The molecule has 2 nitrogen and oxygen atoms in total. The molecule has 16 heavy (non-hydrogen) atoms. The molecule has 1 aliphatic rings. The highest BCUT2D eigenvalue weighted by Crippen LogP contribution is 2.37. The molecule has 0 bridgehead atoms. The number of aliphatic carboxylic acids is 1. The molecular weight excluding hydrogens is 207 g/mol. The number of carbonyl (C=O) groups is 1. The number of carboxylic acids is 1. The van der Waals surface area contributed by atoms with Gasteiger partial charge in [0.05, 0.1) is 0 Å². The van der Waals surface area contributed by atoms with Crippen molar-refractivity contribution in [1.29, 1.82) is 0 Å². The Hall–Kier alpha value is -1.38. The van der Waals surface area contributed by atoms with Crippen LogP contribution >= 0.6 is 0 Å². The van der Waals surface area contributed by atoms with Crippen molar-refractivity contribution in [3.63, 3.8) is 0 Å². The van der Waals surface area contributed by atoms with E-state index in [4.69, 9.17) is 5.11 Å². The first-order valence-corrected chi connectivity index (χ1v) is 5.58. The van der Waals surface area contributed by atoms with Crippen molar-refractivity contribution in [1.82, 2.24) is 0 Å². The van der Waals surface area contributed by atoms with Crippen LogP contribution in [-0.2, 0) is 11.2 Å². The Labute approximate surface area is 94.1 Å². The highest BCUT2D eigenvalue weighted by molar-refractivity contribution is 5.67. The summed E-state index contributed by atoms with van der Waals surface area (Å²) in [5, 5.41) is 8.81. The molecule has 86 valence electrons.